The number of aryl methyl sites for hydroxylation is 1. The van der Waals surface area contributed by atoms with Crippen molar-refractivity contribution >= 4 is 0 Å². The highest BCUT2D eigenvalue weighted by atomic mass is 16.5. The molecule has 0 aliphatic heterocycles. The van der Waals surface area contributed by atoms with Gasteiger partial charge in [0.05, 0.1) is 6.10 Å². The number of furan rings is 1. The van der Waals surface area contributed by atoms with Crippen LogP contribution < -0.4 is 5.73 Å². The van der Waals surface area contributed by atoms with Gasteiger partial charge in [0, 0.05) is 6.04 Å². The van der Waals surface area contributed by atoms with Gasteiger partial charge in [-0.15, -0.1) is 0 Å². The third-order valence-electron chi connectivity index (χ3n) is 2.70. The van der Waals surface area contributed by atoms with E-state index in [1.165, 1.54) is 0 Å². The number of rotatable bonds is 6. The summed E-state index contributed by atoms with van der Waals surface area (Å²) >= 11 is 0. The Morgan fingerprint density at radius 2 is 1.88 bits per heavy atom. The third-order valence-corrected chi connectivity index (χ3v) is 2.70. The fourth-order valence-electron chi connectivity index (χ4n) is 2.03. The zero-order valence-electron chi connectivity index (χ0n) is 11.6. The number of hydrogen-bond donors (Lipinski definition) is 1. The molecule has 3 nitrogen and oxygen atoms in total. The number of hydrogen-bond acceptors (Lipinski definition) is 3. The monoisotopic (exact) mass is 239 g/mol. The quantitative estimate of drug-likeness (QED) is 0.827. The third kappa shape index (κ3) is 4.52. The van der Waals surface area contributed by atoms with E-state index in [1.807, 2.05) is 26.0 Å². The predicted molar refractivity (Wildman–Crippen MR) is 69.8 cm³/mol. The molecule has 0 spiro atoms. The van der Waals surface area contributed by atoms with Crippen LogP contribution in [0.3, 0.4) is 0 Å². The van der Waals surface area contributed by atoms with Crippen LogP contribution >= 0.6 is 0 Å². The Balaban J connectivity index is 2.67. The van der Waals surface area contributed by atoms with Gasteiger partial charge < -0.3 is 14.9 Å². The molecule has 1 aromatic heterocycles. The first kappa shape index (κ1) is 14.3. The second-order valence-corrected chi connectivity index (χ2v) is 5.30. The molecule has 0 amide bonds. The van der Waals surface area contributed by atoms with Crippen LogP contribution in [0.5, 0.6) is 0 Å². The van der Waals surface area contributed by atoms with Gasteiger partial charge in [-0.3, -0.25) is 0 Å². The highest BCUT2D eigenvalue weighted by Gasteiger charge is 2.23. The van der Waals surface area contributed by atoms with Crippen LogP contribution in [-0.4, -0.2) is 12.1 Å². The van der Waals surface area contributed by atoms with Gasteiger partial charge in [0.15, 0.2) is 0 Å². The van der Waals surface area contributed by atoms with E-state index in [-0.39, 0.29) is 18.2 Å². The van der Waals surface area contributed by atoms with Crippen LogP contribution in [0.25, 0.3) is 0 Å². The SMILES string of the molecule is Cc1ccc(C(OC(C)CC(C)C)C(C)N)o1. The average molecular weight is 239 g/mol. The van der Waals surface area contributed by atoms with Crippen molar-refractivity contribution in [3.8, 4) is 0 Å². The van der Waals surface area contributed by atoms with Crippen molar-refractivity contribution in [1.82, 2.24) is 0 Å². The highest BCUT2D eigenvalue weighted by Crippen LogP contribution is 2.25. The molecule has 0 aliphatic carbocycles. The molecule has 1 rings (SSSR count). The lowest BCUT2D eigenvalue weighted by atomic mass is 10.1. The fourth-order valence-corrected chi connectivity index (χ4v) is 2.03. The summed E-state index contributed by atoms with van der Waals surface area (Å²) in [7, 11) is 0. The molecule has 3 heteroatoms. The van der Waals surface area contributed by atoms with E-state index in [0.717, 1.165) is 17.9 Å². The lowest BCUT2D eigenvalue weighted by molar-refractivity contribution is -0.0344. The molecular weight excluding hydrogens is 214 g/mol. The van der Waals surface area contributed by atoms with Crippen LogP contribution in [0, 0.1) is 12.8 Å². The Morgan fingerprint density at radius 1 is 1.24 bits per heavy atom. The normalized spacial score (nSPS) is 17.1. The molecule has 0 aliphatic rings. The highest BCUT2D eigenvalue weighted by molar-refractivity contribution is 5.09. The van der Waals surface area contributed by atoms with Gasteiger partial charge in [0.2, 0.25) is 0 Å². The minimum atomic E-state index is -0.155. The lowest BCUT2D eigenvalue weighted by Crippen LogP contribution is -2.29. The maximum absolute atomic E-state index is 6.00. The predicted octanol–water partition coefficient (Wildman–Crippen LogP) is 3.43. The largest absolute Gasteiger partial charge is 0.464 e. The van der Waals surface area contributed by atoms with Crippen molar-refractivity contribution in [2.45, 2.75) is 59.3 Å². The Hall–Kier alpha value is -0.800. The standard InChI is InChI=1S/C14H25NO2/c1-9(2)8-11(4)17-14(12(5)15)13-7-6-10(3)16-13/h6-7,9,11-12,14H,8,15H2,1-5H3. The summed E-state index contributed by atoms with van der Waals surface area (Å²) in [6, 6.07) is 3.82. The zero-order valence-corrected chi connectivity index (χ0v) is 11.6. The van der Waals surface area contributed by atoms with Crippen LogP contribution in [0.2, 0.25) is 0 Å². The minimum Gasteiger partial charge on any atom is -0.464 e. The van der Waals surface area contributed by atoms with Gasteiger partial charge in [-0.2, -0.15) is 0 Å². The zero-order chi connectivity index (χ0) is 13.0. The van der Waals surface area contributed by atoms with Gasteiger partial charge in [-0.25, -0.2) is 0 Å². The Labute approximate surface area is 104 Å². The molecule has 0 bridgehead atoms. The van der Waals surface area contributed by atoms with Crippen molar-refractivity contribution in [3.05, 3.63) is 23.7 Å². The molecule has 3 atom stereocenters. The Morgan fingerprint density at radius 3 is 2.29 bits per heavy atom. The van der Waals surface area contributed by atoms with E-state index in [4.69, 9.17) is 14.9 Å². The summed E-state index contributed by atoms with van der Waals surface area (Å²) in [5, 5.41) is 0. The number of nitrogens with two attached hydrogens (primary N) is 1. The first-order valence-electron chi connectivity index (χ1n) is 6.37. The topological polar surface area (TPSA) is 48.4 Å². The molecule has 0 radical (unpaired) electrons. The summed E-state index contributed by atoms with van der Waals surface area (Å²) < 4.78 is 11.6. The summed E-state index contributed by atoms with van der Waals surface area (Å²) in [5.74, 6) is 2.34. The van der Waals surface area contributed by atoms with Gasteiger partial charge >= 0.3 is 0 Å². The van der Waals surface area contributed by atoms with E-state index in [0.29, 0.717) is 5.92 Å². The van der Waals surface area contributed by atoms with E-state index < -0.39 is 0 Å². The number of ether oxygens (including phenoxy) is 1. The molecule has 0 fully saturated rings. The maximum Gasteiger partial charge on any atom is 0.134 e. The van der Waals surface area contributed by atoms with Crippen molar-refractivity contribution in [1.29, 1.82) is 0 Å². The summed E-state index contributed by atoms with van der Waals surface area (Å²) in [6.45, 7) is 10.4. The van der Waals surface area contributed by atoms with Gasteiger partial charge in [-0.05, 0) is 45.2 Å². The van der Waals surface area contributed by atoms with Crippen LogP contribution in [-0.2, 0) is 4.74 Å². The first-order chi connectivity index (χ1) is 7.90. The van der Waals surface area contributed by atoms with Crippen molar-refractivity contribution in [2.24, 2.45) is 11.7 Å². The van der Waals surface area contributed by atoms with E-state index >= 15 is 0 Å². The molecule has 3 unspecified atom stereocenters. The fraction of sp³-hybridized carbons (Fsp3) is 0.714. The molecule has 1 heterocycles. The summed E-state index contributed by atoms with van der Waals surface area (Å²) in [6.07, 6.45) is 1.07. The second-order valence-electron chi connectivity index (χ2n) is 5.30. The summed E-state index contributed by atoms with van der Waals surface area (Å²) in [4.78, 5) is 0. The molecule has 0 aromatic carbocycles. The van der Waals surface area contributed by atoms with E-state index in [1.54, 1.807) is 0 Å². The Kier molecular flexibility index (Phi) is 5.22. The maximum atomic E-state index is 6.00. The lowest BCUT2D eigenvalue weighted by Gasteiger charge is -2.24. The van der Waals surface area contributed by atoms with Crippen LogP contribution in [0.15, 0.2) is 16.5 Å². The molecular formula is C14H25NO2. The molecule has 98 valence electrons. The van der Waals surface area contributed by atoms with E-state index in [2.05, 4.69) is 20.8 Å². The molecule has 0 saturated heterocycles. The van der Waals surface area contributed by atoms with Crippen LogP contribution in [0.4, 0.5) is 0 Å². The van der Waals surface area contributed by atoms with Gasteiger partial charge in [-0.1, -0.05) is 13.8 Å². The Bertz CT molecular complexity index is 331. The minimum absolute atomic E-state index is 0.0739. The molecule has 17 heavy (non-hydrogen) atoms. The van der Waals surface area contributed by atoms with Gasteiger partial charge in [0.1, 0.15) is 17.6 Å². The second kappa shape index (κ2) is 6.22. The van der Waals surface area contributed by atoms with E-state index in [9.17, 15) is 0 Å². The molecule has 0 saturated carbocycles. The summed E-state index contributed by atoms with van der Waals surface area (Å²) in [5.41, 5.74) is 5.97. The molecule has 2 N–H and O–H groups in total. The van der Waals surface area contributed by atoms with Crippen molar-refractivity contribution in [3.63, 3.8) is 0 Å². The molecule has 1 aromatic rings. The van der Waals surface area contributed by atoms with Crippen molar-refractivity contribution in [2.75, 3.05) is 0 Å². The van der Waals surface area contributed by atoms with Gasteiger partial charge in [0.25, 0.3) is 0 Å². The van der Waals surface area contributed by atoms with Crippen LogP contribution in [0.1, 0.15) is 51.7 Å². The van der Waals surface area contributed by atoms with Crippen molar-refractivity contribution < 1.29 is 9.15 Å². The smallest absolute Gasteiger partial charge is 0.134 e. The first-order valence-corrected chi connectivity index (χ1v) is 6.37. The average Bonchev–Trinajstić information content (AvgIpc) is 2.59.